The molecule has 1 aromatic rings. The highest BCUT2D eigenvalue weighted by Crippen LogP contribution is 2.54. The van der Waals surface area contributed by atoms with Gasteiger partial charge in [0.05, 0.1) is 12.1 Å². The molecule has 0 saturated carbocycles. The number of hydrogen-bond acceptors (Lipinski definition) is 3. The number of H-pyrrole nitrogens is 1. The van der Waals surface area contributed by atoms with E-state index < -0.39 is 39.9 Å². The Labute approximate surface area is 107 Å². The number of rotatable bonds is 4. The molecular formula is C9H7F6NO2S. The molecule has 0 spiro atoms. The van der Waals surface area contributed by atoms with Crippen molar-refractivity contribution in [1.82, 2.24) is 4.98 Å². The molecule has 3 nitrogen and oxygen atoms in total. The summed E-state index contributed by atoms with van der Waals surface area (Å²) in [5, 5.41) is -5.65. The van der Waals surface area contributed by atoms with Crippen molar-refractivity contribution < 1.29 is 35.9 Å². The van der Waals surface area contributed by atoms with Crippen LogP contribution in [0.4, 0.5) is 26.3 Å². The van der Waals surface area contributed by atoms with Gasteiger partial charge in [-0.3, -0.25) is 0 Å². The molecule has 0 aliphatic carbocycles. The largest absolute Gasteiger partial charge is 0.464 e. The molecule has 1 atom stereocenters. The van der Waals surface area contributed by atoms with E-state index in [1.807, 2.05) is 0 Å². The number of esters is 1. The maximum Gasteiger partial charge on any atom is 0.439 e. The van der Waals surface area contributed by atoms with Gasteiger partial charge in [0.1, 0.15) is 0 Å². The molecule has 0 aromatic carbocycles. The van der Waals surface area contributed by atoms with Crippen LogP contribution < -0.4 is 0 Å². The van der Waals surface area contributed by atoms with Gasteiger partial charge in [-0.05, 0) is 12.1 Å². The van der Waals surface area contributed by atoms with E-state index in [0.717, 1.165) is 12.3 Å². The molecule has 0 radical (unpaired) electrons. The highest BCUT2D eigenvalue weighted by Gasteiger charge is 2.76. The Morgan fingerprint density at radius 2 is 1.84 bits per heavy atom. The van der Waals surface area contributed by atoms with E-state index in [4.69, 9.17) is 0 Å². The number of halogens is 6. The van der Waals surface area contributed by atoms with Crippen LogP contribution in [-0.2, 0) is 9.53 Å². The van der Waals surface area contributed by atoms with Gasteiger partial charge in [-0.2, -0.15) is 22.0 Å². The predicted octanol–water partition coefficient (Wildman–Crippen LogP) is 3.14. The van der Waals surface area contributed by atoms with Gasteiger partial charge in [0.15, 0.2) is 0 Å². The summed E-state index contributed by atoms with van der Waals surface area (Å²) in [6.07, 6.45) is -4.87. The summed E-state index contributed by atoms with van der Waals surface area (Å²) in [7, 11) is 0.437. The molecule has 0 saturated heterocycles. The summed E-state index contributed by atoms with van der Waals surface area (Å²) in [4.78, 5) is 12.9. The Balaban J connectivity index is 3.24. The van der Waals surface area contributed by atoms with Crippen molar-refractivity contribution in [3.8, 4) is 0 Å². The number of carbonyl (C=O) groups is 1. The highest BCUT2D eigenvalue weighted by molar-refractivity contribution is 8.00. The first-order valence-corrected chi connectivity index (χ1v) is 5.42. The van der Waals surface area contributed by atoms with E-state index in [0.29, 0.717) is 7.11 Å². The third-order valence-electron chi connectivity index (χ3n) is 2.03. The van der Waals surface area contributed by atoms with Crippen molar-refractivity contribution in [1.29, 1.82) is 0 Å². The van der Waals surface area contributed by atoms with Gasteiger partial charge in [0, 0.05) is 6.20 Å². The van der Waals surface area contributed by atoms with Gasteiger partial charge < -0.3 is 9.72 Å². The second-order valence-electron chi connectivity index (χ2n) is 3.30. The van der Waals surface area contributed by atoms with Crippen LogP contribution in [0.3, 0.4) is 0 Å². The van der Waals surface area contributed by atoms with Gasteiger partial charge >= 0.3 is 23.1 Å². The molecule has 1 unspecified atom stereocenters. The Morgan fingerprint density at radius 1 is 1.26 bits per heavy atom. The Bertz CT molecular complexity index is 446. The summed E-state index contributed by atoms with van der Waals surface area (Å²) < 4.78 is 81.8. The molecule has 19 heavy (non-hydrogen) atoms. The van der Waals surface area contributed by atoms with Crippen molar-refractivity contribution in [3.05, 3.63) is 18.3 Å². The number of ether oxygens (including phenoxy) is 1. The first-order chi connectivity index (χ1) is 8.56. The molecule has 108 valence electrons. The lowest BCUT2D eigenvalue weighted by molar-refractivity contribution is -0.263. The van der Waals surface area contributed by atoms with Crippen LogP contribution in [0.15, 0.2) is 23.4 Å². The topological polar surface area (TPSA) is 42.1 Å². The van der Waals surface area contributed by atoms with E-state index in [9.17, 15) is 31.1 Å². The minimum absolute atomic E-state index is 0.437. The van der Waals surface area contributed by atoms with Crippen molar-refractivity contribution >= 4 is 17.7 Å². The van der Waals surface area contributed by atoms with Crippen molar-refractivity contribution in [2.45, 2.75) is 22.1 Å². The fourth-order valence-corrected chi connectivity index (χ4v) is 1.99. The second kappa shape index (κ2) is 4.99. The lowest BCUT2D eigenvalue weighted by atomic mass is 10.2. The summed E-state index contributed by atoms with van der Waals surface area (Å²) in [6, 6.07) is 2.15. The van der Waals surface area contributed by atoms with Gasteiger partial charge in [0.25, 0.3) is 0 Å². The predicted molar refractivity (Wildman–Crippen MR) is 53.5 cm³/mol. The van der Waals surface area contributed by atoms with E-state index in [2.05, 4.69) is 9.72 Å². The number of carbonyl (C=O) groups excluding carboxylic acids is 1. The van der Waals surface area contributed by atoms with Gasteiger partial charge in [-0.15, -0.1) is 0 Å². The zero-order valence-corrected chi connectivity index (χ0v) is 10.0. The summed E-state index contributed by atoms with van der Waals surface area (Å²) in [6.45, 7) is 0. The fourth-order valence-electron chi connectivity index (χ4n) is 1.09. The fraction of sp³-hybridized carbons (Fsp3) is 0.444. The average Bonchev–Trinajstić information content (AvgIpc) is 2.78. The summed E-state index contributed by atoms with van der Waals surface area (Å²) in [5.74, 6) is -8.00. The standard InChI is InChI=1S/C9H7F6NO2S/c1-18-6(17)7(10,11)8(12,9(13,14)15)19-5-3-2-4-16-5/h2-4,16H,1H3. The number of thioether (sulfide) groups is 1. The van der Waals surface area contributed by atoms with Crippen LogP contribution in [-0.4, -0.2) is 35.2 Å². The van der Waals surface area contributed by atoms with E-state index in [1.54, 1.807) is 0 Å². The van der Waals surface area contributed by atoms with Crippen LogP contribution in [0.2, 0.25) is 0 Å². The normalized spacial score (nSPS) is 15.9. The smallest absolute Gasteiger partial charge is 0.439 e. The van der Waals surface area contributed by atoms with Crippen molar-refractivity contribution in [2.75, 3.05) is 7.11 Å². The highest BCUT2D eigenvalue weighted by atomic mass is 32.2. The minimum atomic E-state index is -5.99. The number of hydrogen-bond donors (Lipinski definition) is 1. The van der Waals surface area contributed by atoms with Gasteiger partial charge in [-0.1, -0.05) is 11.8 Å². The molecule has 1 N–H and O–H groups in total. The Morgan fingerprint density at radius 3 is 2.21 bits per heavy atom. The quantitative estimate of drug-likeness (QED) is 0.528. The third kappa shape index (κ3) is 2.67. The van der Waals surface area contributed by atoms with E-state index in [1.165, 1.54) is 6.07 Å². The maximum atomic E-state index is 13.8. The lowest BCUT2D eigenvalue weighted by Gasteiger charge is -2.31. The Kier molecular flexibility index (Phi) is 4.13. The molecule has 0 amide bonds. The molecule has 0 fully saturated rings. The molecule has 0 aliphatic rings. The zero-order chi connectivity index (χ0) is 14.9. The third-order valence-corrected chi connectivity index (χ3v) is 3.27. The summed E-state index contributed by atoms with van der Waals surface area (Å²) in [5.41, 5.74) is 0. The molecule has 0 bridgehead atoms. The zero-order valence-electron chi connectivity index (χ0n) is 9.22. The van der Waals surface area contributed by atoms with Crippen LogP contribution in [0, 0.1) is 0 Å². The lowest BCUT2D eigenvalue weighted by Crippen LogP contribution is -2.57. The average molecular weight is 307 g/mol. The van der Waals surface area contributed by atoms with Crippen LogP contribution in [0.25, 0.3) is 0 Å². The van der Waals surface area contributed by atoms with E-state index in [-0.39, 0.29) is 0 Å². The Hall–Kier alpha value is -1.32. The number of nitrogens with one attached hydrogen (secondary N) is 1. The van der Waals surface area contributed by atoms with Crippen LogP contribution in [0.1, 0.15) is 0 Å². The molecule has 1 aromatic heterocycles. The molecule has 1 rings (SSSR count). The monoisotopic (exact) mass is 307 g/mol. The van der Waals surface area contributed by atoms with Gasteiger partial charge in [-0.25, -0.2) is 9.18 Å². The number of aromatic nitrogens is 1. The molecular weight excluding hydrogens is 300 g/mol. The van der Waals surface area contributed by atoms with E-state index >= 15 is 0 Å². The first-order valence-electron chi connectivity index (χ1n) is 4.60. The number of alkyl halides is 6. The second-order valence-corrected chi connectivity index (χ2v) is 4.50. The summed E-state index contributed by atoms with van der Waals surface area (Å²) >= 11 is -0.843. The SMILES string of the molecule is COC(=O)C(F)(F)C(F)(Sc1ccc[nH]1)C(F)(F)F. The minimum Gasteiger partial charge on any atom is -0.464 e. The van der Waals surface area contributed by atoms with Crippen molar-refractivity contribution in [2.24, 2.45) is 0 Å². The molecule has 10 heteroatoms. The maximum absolute atomic E-state index is 13.8. The number of methoxy groups -OCH3 is 1. The van der Waals surface area contributed by atoms with Gasteiger partial charge in [0.2, 0.25) is 0 Å². The first kappa shape index (κ1) is 15.7. The molecule has 1 heterocycles. The van der Waals surface area contributed by atoms with Crippen molar-refractivity contribution in [3.63, 3.8) is 0 Å². The van der Waals surface area contributed by atoms with Crippen LogP contribution in [0.5, 0.6) is 0 Å². The number of aromatic amines is 1. The van der Waals surface area contributed by atoms with Crippen LogP contribution >= 0.6 is 11.8 Å². The molecule has 0 aliphatic heterocycles.